The summed E-state index contributed by atoms with van der Waals surface area (Å²) in [6.45, 7) is 6.62. The predicted octanol–water partition coefficient (Wildman–Crippen LogP) is 2.00. The Kier molecular flexibility index (Phi) is 4.61. The summed E-state index contributed by atoms with van der Waals surface area (Å²) in [5.41, 5.74) is 0. The van der Waals surface area contributed by atoms with Crippen molar-refractivity contribution in [2.75, 3.05) is 19.6 Å². The van der Waals surface area contributed by atoms with E-state index in [2.05, 4.69) is 34.7 Å². The third kappa shape index (κ3) is 3.09. The van der Waals surface area contributed by atoms with Gasteiger partial charge in [-0.3, -0.25) is 0 Å². The van der Waals surface area contributed by atoms with E-state index in [1.807, 2.05) is 4.90 Å². The van der Waals surface area contributed by atoms with Crippen LogP contribution < -0.4 is 10.6 Å². The Labute approximate surface area is 130 Å². The quantitative estimate of drug-likeness (QED) is 0.889. The molecule has 1 aromatic rings. The van der Waals surface area contributed by atoms with Gasteiger partial charge in [0.25, 0.3) is 0 Å². The summed E-state index contributed by atoms with van der Waals surface area (Å²) < 4.78 is 5.94. The van der Waals surface area contributed by atoms with E-state index in [0.29, 0.717) is 11.8 Å². The number of hydrogen-bond acceptors (Lipinski definition) is 5. The van der Waals surface area contributed by atoms with Crippen LogP contribution in [-0.2, 0) is 0 Å². The molecular weight excluding hydrogens is 282 g/mol. The number of hydrogen-bond donors (Lipinski definition) is 2. The standard InChI is InChI=1S/C15H25N5O2/c1-10(2)12(20-9-5-8-17-15(20)21)14-19-18-13(22-14)11-6-3-4-7-16-11/h10-12,16H,3-9H2,1-2H3,(H,17,21)/t11-,12+/m1/s1. The minimum Gasteiger partial charge on any atom is -0.421 e. The minimum atomic E-state index is -0.162. The van der Waals surface area contributed by atoms with Gasteiger partial charge in [0.2, 0.25) is 11.8 Å². The lowest BCUT2D eigenvalue weighted by Gasteiger charge is -2.35. The minimum absolute atomic E-state index is 0.0412. The van der Waals surface area contributed by atoms with Gasteiger partial charge in [0.05, 0.1) is 6.04 Å². The zero-order valence-electron chi connectivity index (χ0n) is 13.3. The van der Waals surface area contributed by atoms with E-state index in [1.165, 1.54) is 12.8 Å². The van der Waals surface area contributed by atoms with Crippen LogP contribution in [0, 0.1) is 5.92 Å². The number of nitrogens with one attached hydrogen (secondary N) is 2. The van der Waals surface area contributed by atoms with Crippen LogP contribution in [0.3, 0.4) is 0 Å². The first kappa shape index (κ1) is 15.3. The van der Waals surface area contributed by atoms with E-state index in [9.17, 15) is 4.79 Å². The summed E-state index contributed by atoms with van der Waals surface area (Å²) in [7, 11) is 0. The van der Waals surface area contributed by atoms with E-state index in [1.54, 1.807) is 0 Å². The first-order valence-corrected chi connectivity index (χ1v) is 8.28. The van der Waals surface area contributed by atoms with Gasteiger partial charge >= 0.3 is 6.03 Å². The fourth-order valence-electron chi connectivity index (χ4n) is 3.26. The molecule has 7 nitrogen and oxygen atoms in total. The fourth-order valence-corrected chi connectivity index (χ4v) is 3.26. The highest BCUT2D eigenvalue weighted by Gasteiger charge is 2.34. The Bertz CT molecular complexity index is 510. The summed E-state index contributed by atoms with van der Waals surface area (Å²) >= 11 is 0. The van der Waals surface area contributed by atoms with Crippen LogP contribution >= 0.6 is 0 Å². The highest BCUT2D eigenvalue weighted by atomic mass is 16.4. The van der Waals surface area contributed by atoms with Gasteiger partial charge < -0.3 is 20.0 Å². The number of aromatic nitrogens is 2. The van der Waals surface area contributed by atoms with Crippen molar-refractivity contribution in [1.82, 2.24) is 25.7 Å². The van der Waals surface area contributed by atoms with Crippen molar-refractivity contribution < 1.29 is 9.21 Å². The van der Waals surface area contributed by atoms with Crippen LogP contribution in [0.5, 0.6) is 0 Å². The zero-order chi connectivity index (χ0) is 15.5. The molecule has 2 aliphatic rings. The number of urea groups is 1. The first-order chi connectivity index (χ1) is 10.7. The van der Waals surface area contributed by atoms with Crippen molar-refractivity contribution in [3.8, 4) is 0 Å². The van der Waals surface area contributed by atoms with Crippen LogP contribution in [0.4, 0.5) is 4.79 Å². The third-order valence-electron chi connectivity index (χ3n) is 4.40. The Morgan fingerprint density at radius 2 is 2.09 bits per heavy atom. The maximum Gasteiger partial charge on any atom is 0.318 e. The number of nitrogens with zero attached hydrogens (tertiary/aromatic N) is 3. The van der Waals surface area contributed by atoms with Crippen molar-refractivity contribution in [1.29, 1.82) is 0 Å². The predicted molar refractivity (Wildman–Crippen MR) is 81.2 cm³/mol. The Morgan fingerprint density at radius 3 is 2.77 bits per heavy atom. The molecule has 0 aromatic carbocycles. The van der Waals surface area contributed by atoms with Crippen molar-refractivity contribution in [3.05, 3.63) is 11.8 Å². The van der Waals surface area contributed by atoms with Crippen LogP contribution in [0.15, 0.2) is 4.42 Å². The van der Waals surface area contributed by atoms with Crippen molar-refractivity contribution >= 4 is 6.03 Å². The van der Waals surface area contributed by atoms with Crippen LogP contribution in [0.2, 0.25) is 0 Å². The lowest BCUT2D eigenvalue weighted by Crippen LogP contribution is -2.49. The lowest BCUT2D eigenvalue weighted by molar-refractivity contribution is 0.125. The second-order valence-electron chi connectivity index (χ2n) is 6.45. The van der Waals surface area contributed by atoms with Gasteiger partial charge in [0.1, 0.15) is 6.04 Å². The molecule has 2 saturated heterocycles. The molecule has 122 valence electrons. The Hall–Kier alpha value is -1.63. The molecule has 0 saturated carbocycles. The Balaban J connectivity index is 1.79. The summed E-state index contributed by atoms with van der Waals surface area (Å²) in [4.78, 5) is 14.0. The van der Waals surface area contributed by atoms with Crippen LogP contribution in [-0.4, -0.2) is 40.8 Å². The summed E-state index contributed by atoms with van der Waals surface area (Å²) in [5, 5.41) is 14.8. The van der Waals surface area contributed by atoms with E-state index in [4.69, 9.17) is 4.42 Å². The molecule has 3 heterocycles. The fraction of sp³-hybridized carbons (Fsp3) is 0.800. The smallest absolute Gasteiger partial charge is 0.318 e. The molecule has 2 atom stereocenters. The van der Waals surface area contributed by atoms with Gasteiger partial charge in [0.15, 0.2) is 0 Å². The molecule has 7 heteroatoms. The van der Waals surface area contributed by atoms with Gasteiger partial charge in [-0.15, -0.1) is 10.2 Å². The topological polar surface area (TPSA) is 83.3 Å². The molecule has 22 heavy (non-hydrogen) atoms. The molecule has 2 aliphatic heterocycles. The summed E-state index contributed by atoms with van der Waals surface area (Å²) in [6.07, 6.45) is 4.34. The normalized spacial score (nSPS) is 24.4. The maximum atomic E-state index is 12.1. The molecule has 0 radical (unpaired) electrons. The van der Waals surface area contributed by atoms with E-state index in [-0.39, 0.29) is 24.0 Å². The maximum absolute atomic E-state index is 12.1. The molecule has 3 rings (SSSR count). The number of carbonyl (C=O) groups excluding carboxylic acids is 1. The highest BCUT2D eigenvalue weighted by Crippen LogP contribution is 2.31. The number of amides is 2. The first-order valence-electron chi connectivity index (χ1n) is 8.28. The van der Waals surface area contributed by atoms with Crippen LogP contribution in [0.1, 0.15) is 63.4 Å². The molecule has 2 fully saturated rings. The van der Waals surface area contributed by atoms with Gasteiger partial charge in [-0.2, -0.15) is 0 Å². The van der Waals surface area contributed by atoms with Gasteiger partial charge in [0, 0.05) is 13.1 Å². The average Bonchev–Trinajstić information content (AvgIpc) is 2.99. The van der Waals surface area contributed by atoms with Gasteiger partial charge in [-0.05, 0) is 31.7 Å². The molecule has 2 amide bonds. The number of rotatable bonds is 4. The van der Waals surface area contributed by atoms with E-state index >= 15 is 0 Å². The molecular formula is C15H25N5O2. The largest absolute Gasteiger partial charge is 0.421 e. The van der Waals surface area contributed by atoms with Crippen LogP contribution in [0.25, 0.3) is 0 Å². The molecule has 0 bridgehead atoms. The molecule has 0 spiro atoms. The third-order valence-corrected chi connectivity index (χ3v) is 4.40. The number of piperidine rings is 1. The Morgan fingerprint density at radius 1 is 1.23 bits per heavy atom. The summed E-state index contributed by atoms with van der Waals surface area (Å²) in [6, 6.07) is -0.0522. The molecule has 0 unspecified atom stereocenters. The van der Waals surface area contributed by atoms with E-state index in [0.717, 1.165) is 32.5 Å². The van der Waals surface area contributed by atoms with Gasteiger partial charge in [-0.25, -0.2) is 4.79 Å². The number of carbonyl (C=O) groups is 1. The molecule has 2 N–H and O–H groups in total. The highest BCUT2D eigenvalue weighted by molar-refractivity contribution is 5.75. The van der Waals surface area contributed by atoms with E-state index < -0.39 is 0 Å². The molecule has 0 aliphatic carbocycles. The lowest BCUT2D eigenvalue weighted by atomic mass is 10.0. The van der Waals surface area contributed by atoms with Crippen molar-refractivity contribution in [3.63, 3.8) is 0 Å². The van der Waals surface area contributed by atoms with Crippen molar-refractivity contribution in [2.24, 2.45) is 5.92 Å². The summed E-state index contributed by atoms with van der Waals surface area (Å²) in [5.74, 6) is 1.42. The molecule has 1 aromatic heterocycles. The average molecular weight is 307 g/mol. The second kappa shape index (κ2) is 6.64. The SMILES string of the molecule is CC(C)[C@@H](c1nnc([C@H]2CCCCN2)o1)N1CCCNC1=O. The monoisotopic (exact) mass is 307 g/mol. The van der Waals surface area contributed by atoms with Crippen molar-refractivity contribution in [2.45, 2.75) is 51.6 Å². The zero-order valence-corrected chi connectivity index (χ0v) is 13.3. The van der Waals surface area contributed by atoms with Gasteiger partial charge in [-0.1, -0.05) is 20.3 Å². The second-order valence-corrected chi connectivity index (χ2v) is 6.45.